The van der Waals surface area contributed by atoms with Gasteiger partial charge in [0.2, 0.25) is 0 Å². The van der Waals surface area contributed by atoms with Crippen LogP contribution in [0.15, 0.2) is 78.9 Å². The number of hydrogen-bond donors (Lipinski definition) is 2. The molecule has 6 nitrogen and oxygen atoms in total. The maximum absolute atomic E-state index is 12.3. The number of carbonyl (C=O) groups is 1. The monoisotopic (exact) mass is 522 g/mol. The van der Waals surface area contributed by atoms with Gasteiger partial charge in [-0.15, -0.1) is 12.4 Å². The lowest BCUT2D eigenvalue weighted by Gasteiger charge is -2.56. The van der Waals surface area contributed by atoms with Crippen molar-refractivity contribution in [3.63, 3.8) is 0 Å². The topological polar surface area (TPSA) is 71.0 Å². The van der Waals surface area contributed by atoms with Gasteiger partial charge < -0.3 is 19.9 Å². The second-order valence-corrected chi connectivity index (χ2v) is 9.77. The van der Waals surface area contributed by atoms with Crippen molar-refractivity contribution in [2.45, 2.75) is 31.0 Å². The number of rotatable bonds is 9. The normalized spacial score (nSPS) is 24.4. The van der Waals surface area contributed by atoms with Crippen LogP contribution < -0.4 is 14.8 Å². The molecule has 5 atom stereocenters. The highest BCUT2D eigenvalue weighted by molar-refractivity contribution is 5.85. The zero-order valence-electron chi connectivity index (χ0n) is 21.2. The molecule has 2 bridgehead atoms. The zero-order chi connectivity index (χ0) is 25.1. The van der Waals surface area contributed by atoms with Gasteiger partial charge in [-0.2, -0.15) is 0 Å². The fraction of sp³-hybridized carbons (Fsp3) is 0.367. The number of benzene rings is 3. The van der Waals surface area contributed by atoms with E-state index in [0.29, 0.717) is 13.1 Å². The number of ether oxygens (including phenoxy) is 2. The van der Waals surface area contributed by atoms with Gasteiger partial charge in [0.25, 0.3) is 0 Å². The van der Waals surface area contributed by atoms with E-state index in [1.54, 1.807) is 14.2 Å². The maximum atomic E-state index is 12.3. The van der Waals surface area contributed by atoms with Crippen molar-refractivity contribution in [3.05, 3.63) is 95.6 Å². The van der Waals surface area contributed by atoms with Crippen molar-refractivity contribution < 1.29 is 19.4 Å². The van der Waals surface area contributed by atoms with Gasteiger partial charge in [-0.1, -0.05) is 60.7 Å². The van der Waals surface area contributed by atoms with Crippen LogP contribution in [0.5, 0.6) is 11.5 Å². The predicted molar refractivity (Wildman–Crippen MR) is 147 cm³/mol. The van der Waals surface area contributed by atoms with Crippen LogP contribution in [0.25, 0.3) is 0 Å². The summed E-state index contributed by atoms with van der Waals surface area (Å²) in [7, 11) is 3.33. The van der Waals surface area contributed by atoms with Crippen molar-refractivity contribution in [2.75, 3.05) is 27.3 Å². The van der Waals surface area contributed by atoms with E-state index in [0.717, 1.165) is 30.0 Å². The highest BCUT2D eigenvalue weighted by atomic mass is 35.5. The van der Waals surface area contributed by atoms with Crippen LogP contribution >= 0.6 is 12.4 Å². The Labute approximate surface area is 225 Å². The number of nitrogens with zero attached hydrogens (tertiary/aromatic N) is 1. The fourth-order valence-corrected chi connectivity index (χ4v) is 6.28. The van der Waals surface area contributed by atoms with Crippen LogP contribution in [0.4, 0.5) is 0 Å². The first-order valence-corrected chi connectivity index (χ1v) is 12.6. The molecule has 37 heavy (non-hydrogen) atoms. The molecule has 0 spiro atoms. The molecule has 0 aliphatic carbocycles. The maximum Gasteiger partial charge on any atom is 0.308 e. The molecule has 3 aliphatic heterocycles. The minimum atomic E-state index is -0.704. The van der Waals surface area contributed by atoms with E-state index in [1.165, 1.54) is 11.1 Å². The third-order valence-electron chi connectivity index (χ3n) is 7.94. The van der Waals surface area contributed by atoms with Crippen molar-refractivity contribution in [1.29, 1.82) is 0 Å². The van der Waals surface area contributed by atoms with Gasteiger partial charge in [-0.3, -0.25) is 9.69 Å². The molecular formula is C30H35ClN2O4. The molecule has 196 valence electrons. The summed E-state index contributed by atoms with van der Waals surface area (Å²) in [6.45, 7) is 2.06. The molecule has 3 heterocycles. The lowest BCUT2D eigenvalue weighted by atomic mass is 9.66. The average molecular weight is 523 g/mol. The fourth-order valence-electron chi connectivity index (χ4n) is 6.28. The molecule has 3 fully saturated rings. The number of carboxylic acids is 1. The van der Waals surface area contributed by atoms with Crippen LogP contribution in [-0.2, 0) is 11.3 Å². The summed E-state index contributed by atoms with van der Waals surface area (Å²) in [5.41, 5.74) is 3.49. The van der Waals surface area contributed by atoms with Gasteiger partial charge >= 0.3 is 5.97 Å². The molecule has 0 saturated carbocycles. The summed E-state index contributed by atoms with van der Waals surface area (Å²) in [5, 5.41) is 13.9. The first-order valence-electron chi connectivity index (χ1n) is 12.6. The first-order chi connectivity index (χ1) is 17.6. The van der Waals surface area contributed by atoms with Crippen molar-refractivity contribution >= 4 is 18.4 Å². The largest absolute Gasteiger partial charge is 0.497 e. The summed E-state index contributed by atoms with van der Waals surface area (Å²) in [4.78, 5) is 14.7. The molecule has 0 amide bonds. The van der Waals surface area contributed by atoms with Crippen LogP contribution in [0, 0.1) is 11.8 Å². The molecule has 0 aromatic heterocycles. The Morgan fingerprint density at radius 3 is 2.22 bits per heavy atom. The van der Waals surface area contributed by atoms with Crippen LogP contribution in [0.3, 0.4) is 0 Å². The van der Waals surface area contributed by atoms with E-state index < -0.39 is 5.97 Å². The highest BCUT2D eigenvalue weighted by Gasteiger charge is 2.52. The molecule has 7 heteroatoms. The first kappa shape index (κ1) is 27.0. The Morgan fingerprint density at radius 1 is 1.00 bits per heavy atom. The van der Waals surface area contributed by atoms with E-state index >= 15 is 0 Å². The minimum absolute atomic E-state index is 0. The van der Waals surface area contributed by atoms with Gasteiger partial charge in [0.05, 0.1) is 20.1 Å². The number of fused-ring (bicyclic) bond motifs is 3. The summed E-state index contributed by atoms with van der Waals surface area (Å²) in [6, 6.07) is 27.1. The van der Waals surface area contributed by atoms with Crippen molar-refractivity contribution in [1.82, 2.24) is 10.2 Å². The van der Waals surface area contributed by atoms with E-state index in [4.69, 9.17) is 9.47 Å². The van der Waals surface area contributed by atoms with Gasteiger partial charge in [-0.05, 0) is 48.2 Å². The number of methoxy groups -OCH3 is 2. The zero-order valence-corrected chi connectivity index (χ0v) is 22.1. The SMILES string of the molecule is COc1ccc(OC)c(CN[C@H]2[C@H]3CCN(C[C@@H]3C(=O)O)[C@H]2C(c2ccccc2)c2ccccc2)c1.Cl. The summed E-state index contributed by atoms with van der Waals surface area (Å²) < 4.78 is 11.1. The molecule has 3 aliphatic rings. The van der Waals surface area contributed by atoms with Gasteiger partial charge in [0.1, 0.15) is 11.5 Å². The Kier molecular flexibility index (Phi) is 8.75. The highest BCUT2D eigenvalue weighted by Crippen LogP contribution is 2.44. The number of halogens is 1. The average Bonchev–Trinajstić information content (AvgIpc) is 2.93. The Bertz CT molecular complexity index is 1140. The van der Waals surface area contributed by atoms with Crippen LogP contribution in [0.1, 0.15) is 29.0 Å². The van der Waals surface area contributed by atoms with E-state index in [-0.39, 0.29) is 42.2 Å². The van der Waals surface area contributed by atoms with Crippen LogP contribution in [-0.4, -0.2) is 55.4 Å². The Hall–Kier alpha value is -3.06. The molecule has 2 N–H and O–H groups in total. The van der Waals surface area contributed by atoms with Gasteiger partial charge in [0.15, 0.2) is 0 Å². The Morgan fingerprint density at radius 2 is 1.65 bits per heavy atom. The van der Waals surface area contributed by atoms with E-state index in [2.05, 4.69) is 58.7 Å². The van der Waals surface area contributed by atoms with Crippen molar-refractivity contribution in [3.8, 4) is 11.5 Å². The Balaban J connectivity index is 0.00000320. The quantitative estimate of drug-likeness (QED) is 0.420. The number of aliphatic carboxylic acids is 1. The molecule has 0 radical (unpaired) electrons. The van der Waals surface area contributed by atoms with Crippen molar-refractivity contribution in [2.24, 2.45) is 11.8 Å². The standard InChI is InChI=1S/C30H34N2O4.ClH/c1-35-23-13-14-26(36-2)22(17-23)18-31-28-24-15-16-32(19-25(24)30(33)34)29(28)27(20-9-5-3-6-10-20)21-11-7-4-8-12-21;/h3-14,17,24-25,27-29,31H,15-16,18-19H2,1-2H3,(H,33,34);1H/t24-,25-,28-,29-;/m0./s1. The number of carboxylic acid groups (broad SMARTS) is 1. The van der Waals surface area contributed by atoms with E-state index in [1.807, 2.05) is 30.3 Å². The number of hydrogen-bond acceptors (Lipinski definition) is 5. The molecule has 1 unspecified atom stereocenters. The van der Waals surface area contributed by atoms with Gasteiger partial charge in [0, 0.05) is 36.7 Å². The molecular weight excluding hydrogens is 488 g/mol. The second-order valence-electron chi connectivity index (χ2n) is 9.77. The van der Waals surface area contributed by atoms with Gasteiger partial charge in [-0.25, -0.2) is 0 Å². The number of piperidine rings is 3. The molecule has 3 aromatic rings. The second kappa shape index (κ2) is 12.0. The molecule has 6 rings (SSSR count). The number of nitrogens with one attached hydrogen (secondary N) is 1. The summed E-state index contributed by atoms with van der Waals surface area (Å²) >= 11 is 0. The van der Waals surface area contributed by atoms with Crippen LogP contribution in [0.2, 0.25) is 0 Å². The smallest absolute Gasteiger partial charge is 0.308 e. The molecule has 3 saturated heterocycles. The summed E-state index contributed by atoms with van der Waals surface area (Å²) in [5.74, 6) is 0.641. The minimum Gasteiger partial charge on any atom is -0.497 e. The van der Waals surface area contributed by atoms with E-state index in [9.17, 15) is 9.90 Å². The third kappa shape index (κ3) is 5.47. The third-order valence-corrected chi connectivity index (χ3v) is 7.94. The summed E-state index contributed by atoms with van der Waals surface area (Å²) in [6.07, 6.45) is 0.872. The lowest BCUT2D eigenvalue weighted by Crippen LogP contribution is -2.68. The lowest BCUT2D eigenvalue weighted by molar-refractivity contribution is -0.152. The predicted octanol–water partition coefficient (Wildman–Crippen LogP) is 4.82. The molecule has 3 aromatic carbocycles.